The standard InChI is InChI=1S/C19H25N3O2/c1-14-11-16(7-6-15(2)23)8-9-18(14)19(22-20)13-21-12-17-5-3-4-10-24-17/h8-9,11,13,15,17,23H,3-5,10,12,20H2,1-2H3/b21-13?,22-19+. The molecule has 0 aromatic heterocycles. The third-order valence-corrected chi connectivity index (χ3v) is 3.86. The second-order valence-electron chi connectivity index (χ2n) is 5.97. The molecule has 1 aromatic rings. The minimum absolute atomic E-state index is 0.202. The summed E-state index contributed by atoms with van der Waals surface area (Å²) in [7, 11) is 0. The monoisotopic (exact) mass is 327 g/mol. The molecule has 0 radical (unpaired) electrons. The lowest BCUT2D eigenvalue weighted by atomic mass is 10.0. The normalized spacial score (nSPS) is 19.8. The number of rotatable bonds is 4. The van der Waals surface area contributed by atoms with Gasteiger partial charge < -0.3 is 15.7 Å². The summed E-state index contributed by atoms with van der Waals surface area (Å²) in [6.45, 7) is 5.08. The maximum Gasteiger partial charge on any atom is 0.112 e. The Kier molecular flexibility index (Phi) is 6.98. The number of nitrogens with zero attached hydrogens (tertiary/aromatic N) is 2. The molecular weight excluding hydrogens is 302 g/mol. The van der Waals surface area contributed by atoms with Crippen molar-refractivity contribution in [2.75, 3.05) is 13.2 Å². The summed E-state index contributed by atoms with van der Waals surface area (Å²) in [5.41, 5.74) is 3.42. The van der Waals surface area contributed by atoms with Gasteiger partial charge >= 0.3 is 0 Å². The van der Waals surface area contributed by atoms with Crippen LogP contribution in [0.5, 0.6) is 0 Å². The van der Waals surface area contributed by atoms with Crippen molar-refractivity contribution in [2.45, 2.75) is 45.3 Å². The highest BCUT2D eigenvalue weighted by atomic mass is 16.5. The molecule has 1 aliphatic rings. The van der Waals surface area contributed by atoms with Gasteiger partial charge in [0.15, 0.2) is 0 Å². The lowest BCUT2D eigenvalue weighted by Crippen LogP contribution is -2.22. The number of aryl methyl sites for hydroxylation is 1. The molecule has 0 saturated carbocycles. The quantitative estimate of drug-likeness (QED) is 0.384. The van der Waals surface area contributed by atoms with Crippen LogP contribution in [-0.2, 0) is 4.74 Å². The molecule has 5 nitrogen and oxygen atoms in total. The molecule has 1 fully saturated rings. The molecule has 1 heterocycles. The summed E-state index contributed by atoms with van der Waals surface area (Å²) < 4.78 is 5.66. The van der Waals surface area contributed by atoms with E-state index in [9.17, 15) is 5.11 Å². The van der Waals surface area contributed by atoms with Crippen LogP contribution in [0.4, 0.5) is 0 Å². The fourth-order valence-corrected chi connectivity index (χ4v) is 2.60. The van der Waals surface area contributed by atoms with Crippen molar-refractivity contribution in [1.82, 2.24) is 0 Å². The van der Waals surface area contributed by atoms with Gasteiger partial charge in [-0.3, -0.25) is 4.99 Å². The average molecular weight is 327 g/mol. The number of aliphatic hydroxyl groups excluding tert-OH is 1. The van der Waals surface area contributed by atoms with Gasteiger partial charge in [0.2, 0.25) is 0 Å². The van der Waals surface area contributed by atoms with E-state index in [0.29, 0.717) is 12.3 Å². The molecule has 0 amide bonds. The second kappa shape index (κ2) is 9.21. The Morgan fingerprint density at radius 2 is 2.33 bits per heavy atom. The van der Waals surface area contributed by atoms with Gasteiger partial charge in [-0.1, -0.05) is 17.9 Å². The molecule has 1 aromatic carbocycles. The van der Waals surface area contributed by atoms with Crippen LogP contribution in [0, 0.1) is 18.8 Å². The summed E-state index contributed by atoms with van der Waals surface area (Å²) in [4.78, 5) is 4.44. The van der Waals surface area contributed by atoms with E-state index < -0.39 is 6.10 Å². The van der Waals surface area contributed by atoms with E-state index in [0.717, 1.165) is 36.1 Å². The zero-order valence-electron chi connectivity index (χ0n) is 14.3. The number of hydrazone groups is 1. The largest absolute Gasteiger partial charge is 0.381 e. The summed E-state index contributed by atoms with van der Waals surface area (Å²) in [5.74, 6) is 11.2. The Hall–Kier alpha value is -2.16. The van der Waals surface area contributed by atoms with E-state index in [1.54, 1.807) is 13.1 Å². The number of nitrogens with two attached hydrogens (primary N) is 1. The Bertz CT molecular complexity index is 663. The SMILES string of the molecule is Cc1cc(C#CC(C)O)ccc1/C(C=NCC1CCCCO1)=N/N. The lowest BCUT2D eigenvalue weighted by molar-refractivity contribution is 0.0226. The molecule has 0 spiro atoms. The van der Waals surface area contributed by atoms with Gasteiger partial charge in [0.1, 0.15) is 11.8 Å². The minimum atomic E-state index is -0.639. The first-order valence-corrected chi connectivity index (χ1v) is 8.30. The number of hydrogen-bond acceptors (Lipinski definition) is 5. The van der Waals surface area contributed by atoms with Crippen molar-refractivity contribution in [3.8, 4) is 11.8 Å². The highest BCUT2D eigenvalue weighted by molar-refractivity contribution is 6.38. The van der Waals surface area contributed by atoms with Crippen LogP contribution >= 0.6 is 0 Å². The van der Waals surface area contributed by atoms with Crippen molar-refractivity contribution in [3.05, 3.63) is 34.9 Å². The summed E-state index contributed by atoms with van der Waals surface area (Å²) >= 11 is 0. The predicted octanol–water partition coefficient (Wildman–Crippen LogP) is 2.03. The molecule has 2 atom stereocenters. The predicted molar refractivity (Wildman–Crippen MR) is 97.4 cm³/mol. The first-order valence-electron chi connectivity index (χ1n) is 8.30. The van der Waals surface area contributed by atoms with E-state index >= 15 is 0 Å². The van der Waals surface area contributed by atoms with Crippen molar-refractivity contribution in [1.29, 1.82) is 0 Å². The Labute approximate surface area is 143 Å². The molecule has 0 bridgehead atoms. The van der Waals surface area contributed by atoms with E-state index in [4.69, 9.17) is 10.6 Å². The van der Waals surface area contributed by atoms with Crippen LogP contribution in [-0.4, -0.2) is 42.4 Å². The topological polar surface area (TPSA) is 80.2 Å². The fourth-order valence-electron chi connectivity index (χ4n) is 2.60. The summed E-state index contributed by atoms with van der Waals surface area (Å²) in [6, 6.07) is 5.77. The smallest absolute Gasteiger partial charge is 0.112 e. The first-order chi connectivity index (χ1) is 11.6. The zero-order chi connectivity index (χ0) is 17.4. The zero-order valence-corrected chi connectivity index (χ0v) is 14.3. The molecule has 2 rings (SSSR count). The maximum absolute atomic E-state index is 9.23. The third kappa shape index (κ3) is 5.48. The molecule has 1 saturated heterocycles. The van der Waals surface area contributed by atoms with Gasteiger partial charge in [0.25, 0.3) is 0 Å². The molecule has 2 unspecified atom stereocenters. The van der Waals surface area contributed by atoms with Crippen molar-refractivity contribution < 1.29 is 9.84 Å². The van der Waals surface area contributed by atoms with Crippen LogP contribution in [0.25, 0.3) is 0 Å². The van der Waals surface area contributed by atoms with Gasteiger partial charge in [0, 0.05) is 23.9 Å². The van der Waals surface area contributed by atoms with Crippen LogP contribution in [0.3, 0.4) is 0 Å². The van der Waals surface area contributed by atoms with Crippen LogP contribution in [0.15, 0.2) is 28.3 Å². The molecular formula is C19H25N3O2. The van der Waals surface area contributed by atoms with Crippen molar-refractivity contribution in [3.63, 3.8) is 0 Å². The second-order valence-corrected chi connectivity index (χ2v) is 5.97. The van der Waals surface area contributed by atoms with E-state index in [-0.39, 0.29) is 6.10 Å². The average Bonchev–Trinajstić information content (AvgIpc) is 2.58. The van der Waals surface area contributed by atoms with Crippen LogP contribution in [0.1, 0.15) is 42.9 Å². The summed E-state index contributed by atoms with van der Waals surface area (Å²) in [6.07, 6.45) is 4.67. The third-order valence-electron chi connectivity index (χ3n) is 3.86. The van der Waals surface area contributed by atoms with E-state index in [1.807, 2.05) is 25.1 Å². The first kappa shape index (κ1) is 18.2. The summed E-state index contributed by atoms with van der Waals surface area (Å²) in [5, 5.41) is 13.1. The van der Waals surface area contributed by atoms with Crippen LogP contribution < -0.4 is 5.84 Å². The molecule has 0 aliphatic carbocycles. The molecule has 5 heteroatoms. The minimum Gasteiger partial charge on any atom is -0.381 e. The van der Waals surface area contributed by atoms with Gasteiger partial charge in [-0.15, -0.1) is 0 Å². The highest BCUT2D eigenvalue weighted by Gasteiger charge is 2.12. The Balaban J connectivity index is 2.06. The lowest BCUT2D eigenvalue weighted by Gasteiger charge is -2.20. The van der Waals surface area contributed by atoms with Crippen molar-refractivity contribution >= 4 is 11.9 Å². The molecule has 3 N–H and O–H groups in total. The molecule has 24 heavy (non-hydrogen) atoms. The van der Waals surface area contributed by atoms with E-state index in [1.165, 1.54) is 6.42 Å². The molecule has 128 valence electrons. The number of ether oxygens (including phenoxy) is 1. The van der Waals surface area contributed by atoms with Gasteiger partial charge in [-0.25, -0.2) is 0 Å². The van der Waals surface area contributed by atoms with Crippen LogP contribution in [0.2, 0.25) is 0 Å². The van der Waals surface area contributed by atoms with Gasteiger partial charge in [-0.2, -0.15) is 5.10 Å². The molecule has 1 aliphatic heterocycles. The van der Waals surface area contributed by atoms with Crippen molar-refractivity contribution in [2.24, 2.45) is 15.9 Å². The Morgan fingerprint density at radius 3 is 2.96 bits per heavy atom. The fraction of sp³-hybridized carbons (Fsp3) is 0.474. The number of aliphatic imine (C=N–C) groups is 1. The Morgan fingerprint density at radius 1 is 1.50 bits per heavy atom. The van der Waals surface area contributed by atoms with Gasteiger partial charge in [0.05, 0.1) is 12.6 Å². The number of benzene rings is 1. The maximum atomic E-state index is 9.23. The van der Waals surface area contributed by atoms with E-state index in [2.05, 4.69) is 21.9 Å². The number of aliphatic hydroxyl groups is 1. The number of hydrogen-bond donors (Lipinski definition) is 2. The van der Waals surface area contributed by atoms with Gasteiger partial charge in [-0.05, 0) is 50.8 Å². The highest BCUT2D eigenvalue weighted by Crippen LogP contribution is 2.13.